The molecule has 15 heavy (non-hydrogen) atoms. The predicted octanol–water partition coefficient (Wildman–Crippen LogP) is 3.01. The minimum atomic E-state index is 0.500. The molecule has 0 radical (unpaired) electrons. The summed E-state index contributed by atoms with van der Waals surface area (Å²) in [4.78, 5) is 10.4. The molecule has 0 fully saturated rings. The molecule has 0 atom stereocenters. The largest absolute Gasteiger partial charge is 0.489 e. The Labute approximate surface area is 89.9 Å². The topological polar surface area (TPSA) is 26.3 Å². The van der Waals surface area contributed by atoms with Gasteiger partial charge >= 0.3 is 0 Å². The van der Waals surface area contributed by atoms with Crippen molar-refractivity contribution in [3.8, 4) is 5.75 Å². The maximum absolute atomic E-state index is 10.4. The fraction of sp³-hybridized carbons (Fsp3) is 0.154. The lowest BCUT2D eigenvalue weighted by Gasteiger charge is -2.06. The van der Waals surface area contributed by atoms with Crippen molar-refractivity contribution in [3.05, 3.63) is 54.1 Å². The number of ether oxygens (including phenoxy) is 1. The number of aldehydes is 1. The van der Waals surface area contributed by atoms with Crippen LogP contribution in [0.15, 0.2) is 48.6 Å². The second kappa shape index (κ2) is 5.81. The van der Waals surface area contributed by atoms with Gasteiger partial charge in [0.1, 0.15) is 18.6 Å². The Hall–Kier alpha value is -1.83. The summed E-state index contributed by atoms with van der Waals surface area (Å²) in [5, 5.41) is 0. The van der Waals surface area contributed by atoms with E-state index in [1.54, 1.807) is 30.3 Å². The van der Waals surface area contributed by atoms with E-state index in [1.807, 2.05) is 13.0 Å². The van der Waals surface area contributed by atoms with E-state index in [0.717, 1.165) is 17.6 Å². The van der Waals surface area contributed by atoms with E-state index >= 15 is 0 Å². The van der Waals surface area contributed by atoms with Crippen LogP contribution in [0.5, 0.6) is 5.75 Å². The summed E-state index contributed by atoms with van der Waals surface area (Å²) >= 11 is 0. The molecule has 0 unspecified atom stereocenters. The Kier molecular flexibility index (Phi) is 4.35. The third-order valence-electron chi connectivity index (χ3n) is 2.05. The normalized spacial score (nSPS) is 10.9. The van der Waals surface area contributed by atoms with Crippen molar-refractivity contribution in [2.75, 3.05) is 6.61 Å². The summed E-state index contributed by atoms with van der Waals surface area (Å²) in [5.74, 6) is 0.752. The molecule has 0 saturated heterocycles. The quantitative estimate of drug-likeness (QED) is 0.542. The van der Waals surface area contributed by atoms with Crippen LogP contribution in [0.25, 0.3) is 0 Å². The number of rotatable bonds is 5. The molecular formula is C13H14O2. The van der Waals surface area contributed by atoms with Crippen LogP contribution in [0.1, 0.15) is 17.3 Å². The van der Waals surface area contributed by atoms with E-state index < -0.39 is 0 Å². The first-order valence-electron chi connectivity index (χ1n) is 4.76. The molecule has 2 heteroatoms. The first-order chi connectivity index (χ1) is 7.30. The summed E-state index contributed by atoms with van der Waals surface area (Å²) in [7, 11) is 0. The Balaban J connectivity index is 2.58. The van der Waals surface area contributed by atoms with Crippen LogP contribution in [-0.4, -0.2) is 12.9 Å². The molecule has 0 aliphatic rings. The van der Waals surface area contributed by atoms with Gasteiger partial charge in [0.05, 0.1) is 0 Å². The number of allylic oxidation sites excluding steroid dienone is 1. The molecule has 78 valence electrons. The van der Waals surface area contributed by atoms with E-state index in [0.29, 0.717) is 12.2 Å². The van der Waals surface area contributed by atoms with Gasteiger partial charge in [-0.15, -0.1) is 0 Å². The fourth-order valence-electron chi connectivity index (χ4n) is 1.07. The van der Waals surface area contributed by atoms with Crippen molar-refractivity contribution in [3.63, 3.8) is 0 Å². The second-order valence-corrected chi connectivity index (χ2v) is 3.04. The molecule has 0 aliphatic heterocycles. The third kappa shape index (κ3) is 3.43. The summed E-state index contributed by atoms with van der Waals surface area (Å²) in [6.45, 7) is 6.12. The SMILES string of the molecule is C=CC(=CC)COc1ccc(C=O)cc1. The Morgan fingerprint density at radius 1 is 1.40 bits per heavy atom. The number of carbonyl (C=O) groups excluding carboxylic acids is 1. The predicted molar refractivity (Wildman–Crippen MR) is 61.3 cm³/mol. The molecule has 0 aliphatic carbocycles. The third-order valence-corrected chi connectivity index (χ3v) is 2.05. The molecule has 0 aromatic heterocycles. The van der Waals surface area contributed by atoms with Crippen LogP contribution < -0.4 is 4.74 Å². The van der Waals surface area contributed by atoms with Crippen LogP contribution in [-0.2, 0) is 0 Å². The zero-order valence-electron chi connectivity index (χ0n) is 8.77. The highest BCUT2D eigenvalue weighted by atomic mass is 16.5. The monoisotopic (exact) mass is 202 g/mol. The Morgan fingerprint density at radius 3 is 2.53 bits per heavy atom. The lowest BCUT2D eigenvalue weighted by Crippen LogP contribution is -1.99. The van der Waals surface area contributed by atoms with Crippen LogP contribution in [0.3, 0.4) is 0 Å². The van der Waals surface area contributed by atoms with Gasteiger partial charge in [-0.2, -0.15) is 0 Å². The summed E-state index contributed by atoms with van der Waals surface area (Å²) in [5.41, 5.74) is 1.69. The summed E-state index contributed by atoms with van der Waals surface area (Å²) < 4.78 is 5.49. The molecule has 0 saturated carbocycles. The zero-order chi connectivity index (χ0) is 11.1. The molecule has 0 N–H and O–H groups in total. The van der Waals surface area contributed by atoms with Crippen molar-refractivity contribution >= 4 is 6.29 Å². The van der Waals surface area contributed by atoms with Crippen molar-refractivity contribution in [2.45, 2.75) is 6.92 Å². The van der Waals surface area contributed by atoms with Crippen LogP contribution in [0, 0.1) is 0 Å². The van der Waals surface area contributed by atoms with Gasteiger partial charge in [-0.25, -0.2) is 0 Å². The van der Waals surface area contributed by atoms with E-state index in [1.165, 1.54) is 0 Å². The lowest BCUT2D eigenvalue weighted by atomic mass is 10.2. The maximum Gasteiger partial charge on any atom is 0.150 e. The first-order valence-corrected chi connectivity index (χ1v) is 4.76. The Morgan fingerprint density at radius 2 is 2.07 bits per heavy atom. The number of benzene rings is 1. The van der Waals surface area contributed by atoms with Crippen molar-refractivity contribution in [2.24, 2.45) is 0 Å². The zero-order valence-corrected chi connectivity index (χ0v) is 8.77. The number of hydrogen-bond donors (Lipinski definition) is 0. The molecule has 1 aromatic rings. The Bertz CT molecular complexity index is 361. The van der Waals surface area contributed by atoms with Gasteiger partial charge in [-0.1, -0.05) is 18.7 Å². The lowest BCUT2D eigenvalue weighted by molar-refractivity contribution is 0.112. The molecule has 0 heterocycles. The van der Waals surface area contributed by atoms with E-state index in [4.69, 9.17) is 4.74 Å². The summed E-state index contributed by atoms with van der Waals surface area (Å²) in [6.07, 6.45) is 4.53. The molecule has 0 bridgehead atoms. The van der Waals surface area contributed by atoms with Crippen molar-refractivity contribution < 1.29 is 9.53 Å². The van der Waals surface area contributed by atoms with Gasteiger partial charge in [-0.05, 0) is 36.8 Å². The van der Waals surface area contributed by atoms with Crippen molar-refractivity contribution in [1.29, 1.82) is 0 Å². The van der Waals surface area contributed by atoms with Gasteiger partial charge in [0.15, 0.2) is 0 Å². The van der Waals surface area contributed by atoms with Gasteiger partial charge < -0.3 is 4.74 Å². The van der Waals surface area contributed by atoms with Gasteiger partial charge in [0, 0.05) is 5.56 Å². The van der Waals surface area contributed by atoms with Gasteiger partial charge in [0.25, 0.3) is 0 Å². The molecule has 1 aromatic carbocycles. The van der Waals surface area contributed by atoms with Crippen molar-refractivity contribution in [1.82, 2.24) is 0 Å². The number of carbonyl (C=O) groups is 1. The highest BCUT2D eigenvalue weighted by Gasteiger charge is 1.95. The average molecular weight is 202 g/mol. The average Bonchev–Trinajstić information content (AvgIpc) is 2.31. The summed E-state index contributed by atoms with van der Waals surface area (Å²) in [6, 6.07) is 7.01. The standard InChI is InChI=1S/C13H14O2/c1-3-11(4-2)10-15-13-7-5-12(9-14)6-8-13/h3-9H,1,10H2,2H3. The van der Waals surface area contributed by atoms with Gasteiger partial charge in [0.2, 0.25) is 0 Å². The van der Waals surface area contributed by atoms with Crippen LogP contribution in [0.4, 0.5) is 0 Å². The van der Waals surface area contributed by atoms with Crippen LogP contribution in [0.2, 0.25) is 0 Å². The molecule has 0 amide bonds. The van der Waals surface area contributed by atoms with Crippen LogP contribution >= 0.6 is 0 Å². The highest BCUT2D eigenvalue weighted by Crippen LogP contribution is 2.12. The minimum Gasteiger partial charge on any atom is -0.489 e. The second-order valence-electron chi connectivity index (χ2n) is 3.04. The van der Waals surface area contributed by atoms with E-state index in [-0.39, 0.29) is 0 Å². The fourth-order valence-corrected chi connectivity index (χ4v) is 1.07. The van der Waals surface area contributed by atoms with E-state index in [2.05, 4.69) is 6.58 Å². The van der Waals surface area contributed by atoms with E-state index in [9.17, 15) is 4.79 Å². The molecule has 0 spiro atoms. The highest BCUT2D eigenvalue weighted by molar-refractivity contribution is 5.74. The van der Waals surface area contributed by atoms with Gasteiger partial charge in [-0.3, -0.25) is 4.79 Å². The first kappa shape index (κ1) is 11.2. The molecular weight excluding hydrogens is 188 g/mol. The maximum atomic E-state index is 10.4. The number of hydrogen-bond acceptors (Lipinski definition) is 2. The minimum absolute atomic E-state index is 0.500. The smallest absolute Gasteiger partial charge is 0.150 e. The molecule has 1 rings (SSSR count). The molecule has 2 nitrogen and oxygen atoms in total.